The first-order valence-electron chi connectivity index (χ1n) is 6.70. The maximum absolute atomic E-state index is 10.6. The minimum absolute atomic E-state index is 0.151. The molecule has 2 nitrogen and oxygen atoms in total. The fourth-order valence-corrected chi connectivity index (χ4v) is 3.64. The molecule has 17 heavy (non-hydrogen) atoms. The number of hydrogen-bond acceptors (Lipinski definition) is 2. The van der Waals surface area contributed by atoms with Crippen LogP contribution in [0.5, 0.6) is 0 Å². The zero-order valence-electron chi connectivity index (χ0n) is 10.7. The van der Waals surface area contributed by atoms with Crippen molar-refractivity contribution >= 4 is 0 Å². The standard InChI is InChI=1S/C15H24O2/c1-9-4-7-13(11(3)8-16)15(17)14-10(2)5-6-12(9)14/h11-17H,1-2,4-8H2,3H3/t11-,12+,13+,14+,15+/m1/s1. The Labute approximate surface area is 104 Å². The lowest BCUT2D eigenvalue weighted by Gasteiger charge is -2.31. The van der Waals surface area contributed by atoms with Crippen LogP contribution in [-0.4, -0.2) is 22.9 Å². The van der Waals surface area contributed by atoms with E-state index >= 15 is 0 Å². The van der Waals surface area contributed by atoms with Gasteiger partial charge < -0.3 is 10.2 Å². The van der Waals surface area contributed by atoms with E-state index in [1.807, 2.05) is 6.92 Å². The maximum atomic E-state index is 10.6. The van der Waals surface area contributed by atoms with Crippen molar-refractivity contribution < 1.29 is 10.2 Å². The molecule has 2 aliphatic rings. The van der Waals surface area contributed by atoms with Crippen molar-refractivity contribution in [1.82, 2.24) is 0 Å². The van der Waals surface area contributed by atoms with Crippen molar-refractivity contribution in [3.63, 3.8) is 0 Å². The fraction of sp³-hybridized carbons (Fsp3) is 0.733. The van der Waals surface area contributed by atoms with Crippen LogP contribution in [-0.2, 0) is 0 Å². The molecule has 0 aliphatic heterocycles. The first kappa shape index (κ1) is 12.8. The normalized spacial score (nSPS) is 39.9. The molecule has 96 valence electrons. The van der Waals surface area contributed by atoms with Crippen LogP contribution in [0.2, 0.25) is 0 Å². The van der Waals surface area contributed by atoms with Gasteiger partial charge in [0, 0.05) is 12.5 Å². The summed E-state index contributed by atoms with van der Waals surface area (Å²) in [5.41, 5.74) is 2.46. The second kappa shape index (κ2) is 4.95. The van der Waals surface area contributed by atoms with Crippen LogP contribution in [0.1, 0.15) is 32.6 Å². The average Bonchev–Trinajstić information content (AvgIpc) is 2.64. The Morgan fingerprint density at radius 1 is 1.24 bits per heavy atom. The van der Waals surface area contributed by atoms with Gasteiger partial charge in [-0.25, -0.2) is 0 Å². The molecule has 2 heteroatoms. The molecule has 2 N–H and O–H groups in total. The first-order chi connectivity index (χ1) is 8.06. The number of rotatable bonds is 2. The van der Waals surface area contributed by atoms with Gasteiger partial charge in [-0.05, 0) is 43.4 Å². The minimum atomic E-state index is -0.351. The van der Waals surface area contributed by atoms with Gasteiger partial charge in [-0.3, -0.25) is 0 Å². The van der Waals surface area contributed by atoms with Gasteiger partial charge in [-0.2, -0.15) is 0 Å². The predicted molar refractivity (Wildman–Crippen MR) is 69.5 cm³/mol. The summed E-state index contributed by atoms with van der Waals surface area (Å²) in [6.07, 6.45) is 3.70. The molecule has 0 aromatic carbocycles. The molecule has 0 radical (unpaired) electrons. The Morgan fingerprint density at radius 2 is 1.88 bits per heavy atom. The second-order valence-corrected chi connectivity index (χ2v) is 5.84. The summed E-state index contributed by atoms with van der Waals surface area (Å²) in [6, 6.07) is 0. The second-order valence-electron chi connectivity index (χ2n) is 5.84. The van der Waals surface area contributed by atoms with E-state index in [1.165, 1.54) is 11.1 Å². The SMILES string of the molecule is C=C1CC[C@H]2C(=C)CC[C@@H]([C@H](C)CO)[C@H](O)[C@@H]12. The van der Waals surface area contributed by atoms with Crippen LogP contribution in [0.3, 0.4) is 0 Å². The van der Waals surface area contributed by atoms with Crippen LogP contribution >= 0.6 is 0 Å². The van der Waals surface area contributed by atoms with E-state index < -0.39 is 0 Å². The smallest absolute Gasteiger partial charge is 0.0642 e. The van der Waals surface area contributed by atoms with Gasteiger partial charge in [0.15, 0.2) is 0 Å². The highest BCUT2D eigenvalue weighted by atomic mass is 16.3. The van der Waals surface area contributed by atoms with E-state index in [-0.39, 0.29) is 30.5 Å². The van der Waals surface area contributed by atoms with Crippen LogP contribution in [0.25, 0.3) is 0 Å². The highest BCUT2D eigenvalue weighted by Gasteiger charge is 2.43. The molecule has 0 unspecified atom stereocenters. The van der Waals surface area contributed by atoms with E-state index in [2.05, 4.69) is 13.2 Å². The van der Waals surface area contributed by atoms with Gasteiger partial charge in [-0.1, -0.05) is 31.2 Å². The van der Waals surface area contributed by atoms with Crippen molar-refractivity contribution in [1.29, 1.82) is 0 Å². The van der Waals surface area contributed by atoms with Crippen molar-refractivity contribution in [2.24, 2.45) is 23.7 Å². The zero-order valence-corrected chi connectivity index (χ0v) is 10.7. The molecule has 0 aromatic heterocycles. The van der Waals surface area contributed by atoms with E-state index in [9.17, 15) is 10.2 Å². The Morgan fingerprint density at radius 3 is 2.53 bits per heavy atom. The van der Waals surface area contributed by atoms with E-state index in [0.29, 0.717) is 5.92 Å². The highest BCUT2D eigenvalue weighted by Crippen LogP contribution is 2.48. The van der Waals surface area contributed by atoms with Crippen LogP contribution in [0.4, 0.5) is 0 Å². The largest absolute Gasteiger partial charge is 0.396 e. The van der Waals surface area contributed by atoms with Gasteiger partial charge >= 0.3 is 0 Å². The molecule has 0 bridgehead atoms. The number of aliphatic hydroxyl groups is 2. The topological polar surface area (TPSA) is 40.5 Å². The quantitative estimate of drug-likeness (QED) is 0.723. The van der Waals surface area contributed by atoms with Gasteiger partial charge in [0.1, 0.15) is 0 Å². The first-order valence-corrected chi connectivity index (χ1v) is 6.70. The summed E-state index contributed by atoms with van der Waals surface area (Å²) >= 11 is 0. The molecule has 2 fully saturated rings. The summed E-state index contributed by atoms with van der Waals surface area (Å²) in [7, 11) is 0. The van der Waals surface area contributed by atoms with Gasteiger partial charge in [0.2, 0.25) is 0 Å². The van der Waals surface area contributed by atoms with Crippen LogP contribution < -0.4 is 0 Å². The Bertz CT molecular complexity index is 321. The van der Waals surface area contributed by atoms with Gasteiger partial charge in [0.25, 0.3) is 0 Å². The van der Waals surface area contributed by atoms with Crippen molar-refractivity contribution in [3.8, 4) is 0 Å². The Balaban J connectivity index is 2.25. The van der Waals surface area contributed by atoms with E-state index in [0.717, 1.165) is 25.7 Å². The van der Waals surface area contributed by atoms with Crippen LogP contribution in [0.15, 0.2) is 24.3 Å². The van der Waals surface area contributed by atoms with Gasteiger partial charge in [-0.15, -0.1) is 0 Å². The van der Waals surface area contributed by atoms with E-state index in [1.54, 1.807) is 0 Å². The summed E-state index contributed by atoms with van der Waals surface area (Å²) < 4.78 is 0. The predicted octanol–water partition coefficient (Wildman–Crippen LogP) is 2.52. The third-order valence-electron chi connectivity index (χ3n) is 4.83. The third kappa shape index (κ3) is 2.21. The summed E-state index contributed by atoms with van der Waals surface area (Å²) in [5.74, 6) is 0.948. The average molecular weight is 236 g/mol. The molecule has 0 spiro atoms. The lowest BCUT2D eigenvalue weighted by molar-refractivity contribution is 0.0197. The molecule has 2 saturated carbocycles. The lowest BCUT2D eigenvalue weighted by Crippen LogP contribution is -2.35. The van der Waals surface area contributed by atoms with Crippen LogP contribution in [0, 0.1) is 23.7 Å². The zero-order chi connectivity index (χ0) is 12.6. The monoisotopic (exact) mass is 236 g/mol. The molecule has 2 rings (SSSR count). The number of fused-ring (bicyclic) bond motifs is 1. The van der Waals surface area contributed by atoms with Crippen molar-refractivity contribution in [2.75, 3.05) is 6.61 Å². The molecule has 0 amide bonds. The fourth-order valence-electron chi connectivity index (χ4n) is 3.64. The van der Waals surface area contributed by atoms with E-state index in [4.69, 9.17) is 0 Å². The highest BCUT2D eigenvalue weighted by molar-refractivity contribution is 5.22. The molecule has 0 aromatic rings. The Hall–Kier alpha value is -0.600. The number of allylic oxidation sites excluding steroid dienone is 1. The third-order valence-corrected chi connectivity index (χ3v) is 4.83. The molecule has 2 aliphatic carbocycles. The van der Waals surface area contributed by atoms with Crippen molar-refractivity contribution in [2.45, 2.75) is 38.7 Å². The lowest BCUT2D eigenvalue weighted by atomic mass is 9.78. The minimum Gasteiger partial charge on any atom is -0.396 e. The Kier molecular flexibility index (Phi) is 3.74. The van der Waals surface area contributed by atoms with Crippen molar-refractivity contribution in [3.05, 3.63) is 24.3 Å². The summed E-state index contributed by atoms with van der Waals surface area (Å²) in [5, 5.41) is 19.9. The molecular formula is C15H24O2. The molecular weight excluding hydrogens is 212 g/mol. The number of hydrogen-bond donors (Lipinski definition) is 2. The van der Waals surface area contributed by atoms with Gasteiger partial charge in [0.05, 0.1) is 6.10 Å². The number of aliphatic hydroxyl groups excluding tert-OH is 2. The molecule has 0 saturated heterocycles. The molecule has 5 atom stereocenters. The summed E-state index contributed by atoms with van der Waals surface area (Å²) in [6.45, 7) is 10.5. The maximum Gasteiger partial charge on any atom is 0.0642 e. The molecule has 0 heterocycles. The summed E-state index contributed by atoms with van der Waals surface area (Å²) in [4.78, 5) is 0.